The summed E-state index contributed by atoms with van der Waals surface area (Å²) in [6.07, 6.45) is 2.44. The maximum Gasteiger partial charge on any atom is 0.316 e. The van der Waals surface area contributed by atoms with Crippen molar-refractivity contribution in [3.8, 4) is 17.4 Å². The topological polar surface area (TPSA) is 121 Å². The van der Waals surface area contributed by atoms with Crippen molar-refractivity contribution in [2.45, 2.75) is 19.3 Å². The number of amides is 1. The van der Waals surface area contributed by atoms with Crippen molar-refractivity contribution in [2.75, 3.05) is 13.2 Å². The first-order valence-corrected chi connectivity index (χ1v) is 10.8. The predicted molar refractivity (Wildman–Crippen MR) is 120 cm³/mol. The minimum absolute atomic E-state index is 0.0197. The zero-order valence-corrected chi connectivity index (χ0v) is 19.7. The molecule has 0 bridgehead atoms. The molecule has 0 aliphatic carbocycles. The Hall–Kier alpha value is -3.93. The molecule has 1 amide bonds. The highest BCUT2D eigenvalue weighted by molar-refractivity contribution is 6.29. The normalized spacial score (nSPS) is 12.9. The molecule has 182 valence electrons. The van der Waals surface area contributed by atoms with Crippen molar-refractivity contribution >= 4 is 17.5 Å². The molecule has 1 atom stereocenters. The molecule has 0 saturated carbocycles. The van der Waals surface area contributed by atoms with Crippen LogP contribution in [0.25, 0.3) is 11.5 Å². The quantitative estimate of drug-likeness (QED) is 0.363. The summed E-state index contributed by atoms with van der Waals surface area (Å²) in [6.45, 7) is 4.12. The van der Waals surface area contributed by atoms with Crippen LogP contribution in [0.5, 0.6) is 5.88 Å². The lowest BCUT2D eigenvalue weighted by Gasteiger charge is -2.29. The van der Waals surface area contributed by atoms with Crippen LogP contribution in [0.1, 0.15) is 35.8 Å². The number of halogens is 3. The number of aryl methyl sites for hydroxylation is 1. The Kier molecular flexibility index (Phi) is 6.74. The van der Waals surface area contributed by atoms with Crippen LogP contribution in [0.3, 0.4) is 0 Å². The first kappa shape index (κ1) is 24.2. The number of nitrogens with one attached hydrogen (secondary N) is 1. The molecule has 0 aromatic carbocycles. The Morgan fingerprint density at radius 2 is 2.09 bits per heavy atom. The van der Waals surface area contributed by atoms with Crippen molar-refractivity contribution in [2.24, 2.45) is 7.05 Å². The third-order valence-electron chi connectivity index (χ3n) is 5.28. The van der Waals surface area contributed by atoms with E-state index in [0.717, 1.165) is 6.20 Å². The van der Waals surface area contributed by atoms with E-state index in [0.29, 0.717) is 29.8 Å². The van der Waals surface area contributed by atoms with Gasteiger partial charge in [-0.15, -0.1) is 0 Å². The number of pyridine rings is 2. The van der Waals surface area contributed by atoms with Gasteiger partial charge in [0.1, 0.15) is 16.7 Å². The second kappa shape index (κ2) is 9.74. The van der Waals surface area contributed by atoms with Gasteiger partial charge in [0.15, 0.2) is 5.82 Å². The molecule has 0 spiro atoms. The van der Waals surface area contributed by atoms with Crippen LogP contribution in [0.4, 0.5) is 8.78 Å². The van der Waals surface area contributed by atoms with Crippen molar-refractivity contribution in [1.29, 1.82) is 0 Å². The molecule has 4 rings (SSSR count). The fourth-order valence-electron chi connectivity index (χ4n) is 3.48. The van der Waals surface area contributed by atoms with Crippen LogP contribution in [0, 0.1) is 11.6 Å². The van der Waals surface area contributed by atoms with Crippen molar-refractivity contribution in [3.05, 3.63) is 70.6 Å². The van der Waals surface area contributed by atoms with E-state index in [1.54, 1.807) is 36.1 Å². The number of hydrogen-bond acceptors (Lipinski definition) is 8. The number of carbonyl (C=O) groups is 1. The van der Waals surface area contributed by atoms with Gasteiger partial charge in [-0.25, -0.2) is 23.4 Å². The van der Waals surface area contributed by atoms with Gasteiger partial charge < -0.3 is 14.6 Å². The highest BCUT2D eigenvalue weighted by atomic mass is 35.5. The largest absolute Gasteiger partial charge is 0.478 e. The smallest absolute Gasteiger partial charge is 0.316 e. The van der Waals surface area contributed by atoms with Gasteiger partial charge in [0.25, 0.3) is 0 Å². The van der Waals surface area contributed by atoms with Gasteiger partial charge in [0, 0.05) is 25.2 Å². The zero-order valence-electron chi connectivity index (χ0n) is 18.9. The first-order chi connectivity index (χ1) is 16.7. The number of carbonyl (C=O) groups excluding carboxylic acids is 1. The highest BCUT2D eigenvalue weighted by Gasteiger charge is 2.37. The van der Waals surface area contributed by atoms with Crippen LogP contribution in [-0.4, -0.2) is 48.9 Å². The Bertz CT molecular complexity index is 1380. The number of ether oxygens (including phenoxy) is 1. The summed E-state index contributed by atoms with van der Waals surface area (Å²) in [7, 11) is 1.74. The molecule has 1 N–H and O–H groups in total. The van der Waals surface area contributed by atoms with Crippen LogP contribution in [-0.2, 0) is 12.5 Å². The predicted octanol–water partition coefficient (Wildman–Crippen LogP) is 3.33. The summed E-state index contributed by atoms with van der Waals surface area (Å²) in [5.41, 5.74) is -0.0464. The maximum absolute atomic E-state index is 14.0. The molecule has 4 aromatic heterocycles. The van der Waals surface area contributed by atoms with E-state index < -0.39 is 28.8 Å². The van der Waals surface area contributed by atoms with Crippen LogP contribution in [0.2, 0.25) is 5.15 Å². The van der Waals surface area contributed by atoms with Crippen molar-refractivity contribution in [3.63, 3.8) is 0 Å². The molecule has 0 aliphatic rings. The number of nitrogens with zero attached hydrogens (tertiary/aromatic N) is 6. The van der Waals surface area contributed by atoms with Crippen LogP contribution in [0.15, 0.2) is 41.2 Å². The Balaban J connectivity index is 1.63. The van der Waals surface area contributed by atoms with Gasteiger partial charge >= 0.3 is 11.8 Å². The third kappa shape index (κ3) is 4.83. The second-order valence-electron chi connectivity index (χ2n) is 7.69. The molecule has 0 fully saturated rings. The van der Waals surface area contributed by atoms with Crippen molar-refractivity contribution < 1.29 is 22.8 Å². The molecule has 4 heterocycles. The van der Waals surface area contributed by atoms with Gasteiger partial charge in [-0.05, 0) is 26.0 Å². The number of aromatic nitrogens is 6. The highest BCUT2D eigenvalue weighted by Crippen LogP contribution is 2.36. The second-order valence-corrected chi connectivity index (χ2v) is 8.07. The average Bonchev–Trinajstić information content (AvgIpc) is 3.45. The number of rotatable bonds is 8. The van der Waals surface area contributed by atoms with E-state index in [1.807, 2.05) is 13.8 Å². The fourth-order valence-corrected chi connectivity index (χ4v) is 3.64. The average molecular weight is 504 g/mol. The summed E-state index contributed by atoms with van der Waals surface area (Å²) in [5.74, 6) is -2.79. The molecule has 10 nitrogen and oxygen atoms in total. The Morgan fingerprint density at radius 1 is 1.29 bits per heavy atom. The molecule has 0 saturated heterocycles. The first-order valence-electron chi connectivity index (χ1n) is 10.4. The van der Waals surface area contributed by atoms with Gasteiger partial charge in [-0.2, -0.15) is 10.1 Å². The molecular weight excluding hydrogens is 484 g/mol. The summed E-state index contributed by atoms with van der Waals surface area (Å²) in [4.78, 5) is 24.8. The van der Waals surface area contributed by atoms with Crippen molar-refractivity contribution in [1.82, 2.24) is 35.2 Å². The van der Waals surface area contributed by atoms with Gasteiger partial charge in [0.2, 0.25) is 11.7 Å². The summed E-state index contributed by atoms with van der Waals surface area (Å²) in [5, 5.41) is 10.9. The summed E-state index contributed by atoms with van der Waals surface area (Å²) in [6, 6.07) is 5.79. The van der Waals surface area contributed by atoms with Gasteiger partial charge in [-0.1, -0.05) is 22.8 Å². The van der Waals surface area contributed by atoms with E-state index >= 15 is 0 Å². The van der Waals surface area contributed by atoms with E-state index in [1.165, 1.54) is 0 Å². The monoisotopic (exact) mass is 503 g/mol. The van der Waals surface area contributed by atoms with E-state index in [2.05, 4.69) is 30.5 Å². The molecule has 4 aromatic rings. The molecule has 0 aliphatic heterocycles. The number of hydrogen-bond donors (Lipinski definition) is 1. The van der Waals surface area contributed by atoms with Gasteiger partial charge in [-0.3, -0.25) is 4.79 Å². The standard InChI is InChI=1S/C22H20ClF2N7O3/c1-4-34-21-13(10-28-32(21)3)22(2,15-6-5-7-16(23)29-15)11-27-19(33)20-30-18(31-35-20)17-14(25)8-12(24)9-26-17/h5-10H,4,11H2,1-3H3,(H,27,33). The lowest BCUT2D eigenvalue weighted by atomic mass is 9.80. The van der Waals surface area contributed by atoms with Gasteiger partial charge in [0.05, 0.1) is 30.1 Å². The minimum Gasteiger partial charge on any atom is -0.478 e. The summed E-state index contributed by atoms with van der Waals surface area (Å²) < 4.78 is 39.5. The summed E-state index contributed by atoms with van der Waals surface area (Å²) >= 11 is 6.14. The lowest BCUT2D eigenvalue weighted by Crippen LogP contribution is -2.40. The molecule has 1 unspecified atom stereocenters. The van der Waals surface area contributed by atoms with Crippen LogP contribution < -0.4 is 10.1 Å². The maximum atomic E-state index is 14.0. The SMILES string of the molecule is CCOc1c(C(C)(CNC(=O)c2nc(-c3ncc(F)cc3F)no2)c2cccc(Cl)n2)cnn1C. The molecule has 13 heteroatoms. The van der Waals surface area contributed by atoms with E-state index in [4.69, 9.17) is 20.9 Å². The van der Waals surface area contributed by atoms with E-state index in [9.17, 15) is 13.6 Å². The Labute approximate surface area is 203 Å². The Morgan fingerprint density at radius 3 is 2.80 bits per heavy atom. The lowest BCUT2D eigenvalue weighted by molar-refractivity contribution is 0.0902. The third-order valence-corrected chi connectivity index (χ3v) is 5.49. The molecular formula is C22H20ClF2N7O3. The minimum atomic E-state index is -0.989. The molecule has 35 heavy (non-hydrogen) atoms. The zero-order chi connectivity index (χ0) is 25.2. The van der Waals surface area contributed by atoms with Crippen LogP contribution >= 0.6 is 11.6 Å². The molecule has 0 radical (unpaired) electrons. The van der Waals surface area contributed by atoms with E-state index in [-0.39, 0.29) is 23.2 Å². The fraction of sp³-hybridized carbons (Fsp3) is 0.273.